The first-order valence-electron chi connectivity index (χ1n) is 5.72. The molecule has 0 aromatic carbocycles. The van der Waals surface area contributed by atoms with Crippen LogP contribution in [0.2, 0.25) is 0 Å². The molecule has 0 aliphatic heterocycles. The Hall–Kier alpha value is -0.170. The van der Waals surface area contributed by atoms with E-state index in [1.54, 1.807) is 0 Å². The van der Waals surface area contributed by atoms with Gasteiger partial charge in [0.25, 0.3) is 0 Å². The van der Waals surface area contributed by atoms with E-state index in [9.17, 15) is 5.11 Å². The molecule has 0 saturated heterocycles. The van der Waals surface area contributed by atoms with E-state index in [1.165, 1.54) is 12.8 Å². The minimum atomic E-state index is -0.709. The first-order valence-corrected chi connectivity index (χ1v) is 6.35. The number of thiol groups is 1. The highest BCUT2D eigenvalue weighted by Crippen LogP contribution is 2.27. The summed E-state index contributed by atoms with van der Waals surface area (Å²) in [4.78, 5) is 0. The molecule has 1 aliphatic rings. The highest BCUT2D eigenvalue weighted by molar-refractivity contribution is 7.80. The van der Waals surface area contributed by atoms with E-state index in [2.05, 4.69) is 24.5 Å². The molecule has 0 spiro atoms. The van der Waals surface area contributed by atoms with Gasteiger partial charge >= 0.3 is 0 Å². The highest BCUT2D eigenvalue weighted by atomic mass is 32.1. The Balaban J connectivity index is 0.000000921. The number of aliphatic hydroxyl groups is 2. The Kier molecular flexibility index (Phi) is 8.98. The predicted molar refractivity (Wildman–Crippen MR) is 66.9 cm³/mol. The fourth-order valence-electron chi connectivity index (χ4n) is 1.62. The lowest BCUT2D eigenvalue weighted by Crippen LogP contribution is -2.16. The maximum absolute atomic E-state index is 9.58. The van der Waals surface area contributed by atoms with Gasteiger partial charge in [0.1, 0.15) is 12.2 Å². The summed E-state index contributed by atoms with van der Waals surface area (Å²) in [6.07, 6.45) is 3.24. The van der Waals surface area contributed by atoms with Crippen molar-refractivity contribution < 1.29 is 10.2 Å². The van der Waals surface area contributed by atoms with Crippen molar-refractivity contribution in [1.82, 2.24) is 0 Å². The van der Waals surface area contributed by atoms with Gasteiger partial charge in [0.05, 0.1) is 0 Å². The third-order valence-corrected chi connectivity index (χ3v) is 2.76. The monoisotopic (exact) mass is 230 g/mol. The molecule has 2 N–H and O–H groups in total. The van der Waals surface area contributed by atoms with Gasteiger partial charge in [-0.15, -0.1) is 0 Å². The SMILES string of the molecule is CC.OC(C#CC(O)C1CCCC1)CS. The number of hydrogen-bond acceptors (Lipinski definition) is 3. The molecular weight excluding hydrogens is 208 g/mol. The van der Waals surface area contributed by atoms with Crippen molar-refractivity contribution in [2.24, 2.45) is 5.92 Å². The Morgan fingerprint density at radius 2 is 1.73 bits per heavy atom. The van der Waals surface area contributed by atoms with Gasteiger partial charge in [-0.1, -0.05) is 38.5 Å². The van der Waals surface area contributed by atoms with Crippen LogP contribution < -0.4 is 0 Å². The van der Waals surface area contributed by atoms with Crippen LogP contribution in [-0.4, -0.2) is 28.2 Å². The van der Waals surface area contributed by atoms with Crippen molar-refractivity contribution in [3.63, 3.8) is 0 Å². The molecule has 2 unspecified atom stereocenters. The summed E-state index contributed by atoms with van der Waals surface area (Å²) < 4.78 is 0. The third-order valence-electron chi connectivity index (χ3n) is 2.42. The van der Waals surface area contributed by atoms with E-state index in [0.717, 1.165) is 12.8 Å². The van der Waals surface area contributed by atoms with E-state index >= 15 is 0 Å². The summed E-state index contributed by atoms with van der Waals surface area (Å²) in [6.45, 7) is 4.00. The van der Waals surface area contributed by atoms with Crippen molar-refractivity contribution in [1.29, 1.82) is 0 Å². The van der Waals surface area contributed by atoms with Gasteiger partial charge in [0.15, 0.2) is 0 Å². The number of aliphatic hydroxyl groups excluding tert-OH is 2. The predicted octanol–water partition coefficient (Wildman–Crippen LogP) is 1.86. The molecule has 0 amide bonds. The molecular formula is C12H22O2S. The Labute approximate surface area is 98.5 Å². The zero-order valence-corrected chi connectivity index (χ0v) is 10.5. The van der Waals surface area contributed by atoms with Crippen LogP contribution in [0.15, 0.2) is 0 Å². The molecule has 2 nitrogen and oxygen atoms in total. The van der Waals surface area contributed by atoms with Gasteiger partial charge in [0.2, 0.25) is 0 Å². The highest BCUT2D eigenvalue weighted by Gasteiger charge is 2.21. The van der Waals surface area contributed by atoms with E-state index in [4.69, 9.17) is 5.11 Å². The van der Waals surface area contributed by atoms with E-state index in [1.807, 2.05) is 13.8 Å². The average molecular weight is 230 g/mol. The number of rotatable bonds is 2. The normalized spacial score (nSPS) is 19.5. The lowest BCUT2D eigenvalue weighted by molar-refractivity contribution is 0.164. The molecule has 0 bridgehead atoms. The molecule has 15 heavy (non-hydrogen) atoms. The topological polar surface area (TPSA) is 40.5 Å². The minimum absolute atomic E-state index is 0.319. The summed E-state index contributed by atoms with van der Waals surface area (Å²) >= 11 is 3.89. The van der Waals surface area contributed by atoms with Gasteiger partial charge in [-0.2, -0.15) is 12.6 Å². The Bertz CT molecular complexity index is 201. The molecule has 0 aromatic rings. The Morgan fingerprint density at radius 3 is 2.20 bits per heavy atom. The molecule has 1 aliphatic carbocycles. The van der Waals surface area contributed by atoms with Crippen LogP contribution in [0.5, 0.6) is 0 Å². The quantitative estimate of drug-likeness (QED) is 0.500. The third kappa shape index (κ3) is 6.09. The van der Waals surface area contributed by atoms with Crippen LogP contribution in [0.25, 0.3) is 0 Å². The Morgan fingerprint density at radius 1 is 1.20 bits per heavy atom. The van der Waals surface area contributed by atoms with Gasteiger partial charge < -0.3 is 10.2 Å². The van der Waals surface area contributed by atoms with E-state index in [-0.39, 0.29) is 0 Å². The summed E-state index contributed by atoms with van der Waals surface area (Å²) in [7, 11) is 0. The minimum Gasteiger partial charge on any atom is -0.380 e. The summed E-state index contributed by atoms with van der Waals surface area (Å²) in [5, 5.41) is 18.7. The smallest absolute Gasteiger partial charge is 0.123 e. The van der Waals surface area contributed by atoms with Crippen molar-refractivity contribution >= 4 is 12.6 Å². The first-order chi connectivity index (χ1) is 7.24. The molecule has 0 aromatic heterocycles. The van der Waals surface area contributed by atoms with Crippen LogP contribution in [-0.2, 0) is 0 Å². The van der Waals surface area contributed by atoms with E-state index in [0.29, 0.717) is 11.7 Å². The molecule has 88 valence electrons. The molecule has 2 atom stereocenters. The lowest BCUT2D eigenvalue weighted by atomic mass is 10.0. The maximum Gasteiger partial charge on any atom is 0.123 e. The van der Waals surface area contributed by atoms with E-state index < -0.39 is 12.2 Å². The second-order valence-corrected chi connectivity index (χ2v) is 3.84. The molecule has 0 radical (unpaired) electrons. The molecule has 1 saturated carbocycles. The molecule has 3 heteroatoms. The van der Waals surface area contributed by atoms with Crippen molar-refractivity contribution in [2.45, 2.75) is 51.7 Å². The number of hydrogen-bond donors (Lipinski definition) is 3. The zero-order valence-electron chi connectivity index (χ0n) is 9.61. The van der Waals surface area contributed by atoms with Gasteiger partial charge in [0, 0.05) is 5.75 Å². The van der Waals surface area contributed by atoms with Gasteiger partial charge in [-0.05, 0) is 18.8 Å². The fourth-order valence-corrected chi connectivity index (χ4v) is 1.71. The van der Waals surface area contributed by atoms with Crippen molar-refractivity contribution in [3.05, 3.63) is 0 Å². The van der Waals surface area contributed by atoms with Crippen LogP contribution >= 0.6 is 12.6 Å². The van der Waals surface area contributed by atoms with Crippen LogP contribution in [0.1, 0.15) is 39.5 Å². The zero-order chi connectivity index (χ0) is 11.7. The van der Waals surface area contributed by atoms with Crippen LogP contribution in [0.3, 0.4) is 0 Å². The largest absolute Gasteiger partial charge is 0.380 e. The first kappa shape index (κ1) is 14.8. The maximum atomic E-state index is 9.58. The summed E-state index contributed by atoms with van der Waals surface area (Å²) in [6, 6.07) is 0. The van der Waals surface area contributed by atoms with Gasteiger partial charge in [-0.25, -0.2) is 0 Å². The summed E-state index contributed by atoms with van der Waals surface area (Å²) in [5.41, 5.74) is 0. The summed E-state index contributed by atoms with van der Waals surface area (Å²) in [5.74, 6) is 5.91. The second-order valence-electron chi connectivity index (χ2n) is 3.48. The van der Waals surface area contributed by atoms with Crippen molar-refractivity contribution in [2.75, 3.05) is 5.75 Å². The average Bonchev–Trinajstić information content (AvgIpc) is 2.81. The fraction of sp³-hybridized carbons (Fsp3) is 0.833. The lowest BCUT2D eigenvalue weighted by Gasteiger charge is -2.10. The van der Waals surface area contributed by atoms with Crippen molar-refractivity contribution in [3.8, 4) is 11.8 Å². The second kappa shape index (κ2) is 9.08. The molecule has 0 heterocycles. The van der Waals surface area contributed by atoms with Crippen LogP contribution in [0, 0.1) is 17.8 Å². The molecule has 1 fully saturated rings. The standard InChI is InChI=1S/C10H16O2S.C2H6/c11-9(7-13)5-6-10(12)8-3-1-2-4-8;1-2/h8-13H,1-4,7H2;1-2H3. The van der Waals surface area contributed by atoms with Gasteiger partial charge in [-0.3, -0.25) is 0 Å². The van der Waals surface area contributed by atoms with Crippen LogP contribution in [0.4, 0.5) is 0 Å². The molecule has 1 rings (SSSR count).